The predicted molar refractivity (Wildman–Crippen MR) is 86.2 cm³/mol. The quantitative estimate of drug-likeness (QED) is 0.537. The molecule has 0 bridgehead atoms. The Morgan fingerprint density at radius 1 is 0.800 bits per heavy atom. The van der Waals surface area contributed by atoms with Crippen molar-refractivity contribution in [2.45, 2.75) is 6.92 Å². The van der Waals surface area contributed by atoms with E-state index in [0.717, 1.165) is 17.0 Å². The minimum Gasteiger partial charge on any atom is -0.278 e. The second-order valence-electron chi connectivity index (χ2n) is 4.74. The minimum atomic E-state index is 0.972. The van der Waals surface area contributed by atoms with Gasteiger partial charge in [0, 0.05) is 0 Å². The fraction of sp³-hybridized carbons (Fsp3) is 0.0556. The molecule has 0 aromatic heterocycles. The van der Waals surface area contributed by atoms with Crippen LogP contribution in [-0.2, 0) is 0 Å². The molecule has 0 amide bonds. The molecule has 0 saturated carbocycles. The van der Waals surface area contributed by atoms with Gasteiger partial charge in [-0.3, -0.25) is 5.43 Å². The van der Waals surface area contributed by atoms with Crippen molar-refractivity contribution in [3.8, 4) is 0 Å². The summed E-state index contributed by atoms with van der Waals surface area (Å²) in [6.07, 6.45) is 0. The number of fused-ring (bicyclic) bond motifs is 1. The number of anilines is 1. The maximum atomic E-state index is 4.44. The van der Waals surface area contributed by atoms with Crippen molar-refractivity contribution in [1.82, 2.24) is 0 Å². The van der Waals surface area contributed by atoms with Gasteiger partial charge in [-0.1, -0.05) is 54.6 Å². The number of benzene rings is 3. The fourth-order valence-corrected chi connectivity index (χ4v) is 2.14. The maximum absolute atomic E-state index is 4.44. The summed E-state index contributed by atoms with van der Waals surface area (Å²) >= 11 is 0. The zero-order valence-corrected chi connectivity index (χ0v) is 11.4. The third-order valence-corrected chi connectivity index (χ3v) is 3.29. The number of para-hydroxylation sites is 1. The van der Waals surface area contributed by atoms with Gasteiger partial charge >= 0.3 is 0 Å². The summed E-state index contributed by atoms with van der Waals surface area (Å²) in [5, 5.41) is 6.92. The topological polar surface area (TPSA) is 24.4 Å². The van der Waals surface area contributed by atoms with Crippen LogP contribution in [0, 0.1) is 0 Å². The molecule has 0 heterocycles. The molecule has 0 fully saturated rings. The zero-order chi connectivity index (χ0) is 13.8. The first-order valence-electron chi connectivity index (χ1n) is 6.67. The standard InChI is InChI=1S/C18H16N2/c1-14(19-20-18-9-3-2-4-10-18)16-12-11-15-7-5-6-8-17(15)13-16/h2-13,20H,1H3/b19-14+. The Bertz CT molecular complexity index is 745. The lowest BCUT2D eigenvalue weighted by molar-refractivity contribution is 1.32. The van der Waals surface area contributed by atoms with Crippen LogP contribution in [0.15, 0.2) is 77.9 Å². The molecule has 0 radical (unpaired) electrons. The molecule has 2 heteroatoms. The predicted octanol–water partition coefficient (Wildman–Crippen LogP) is 4.68. The first-order valence-corrected chi connectivity index (χ1v) is 6.67. The monoisotopic (exact) mass is 260 g/mol. The lowest BCUT2D eigenvalue weighted by Crippen LogP contribution is -1.99. The summed E-state index contributed by atoms with van der Waals surface area (Å²) in [6.45, 7) is 2.01. The minimum absolute atomic E-state index is 0.972. The Morgan fingerprint density at radius 2 is 1.50 bits per heavy atom. The number of hydrogen-bond donors (Lipinski definition) is 1. The van der Waals surface area contributed by atoms with Crippen molar-refractivity contribution in [1.29, 1.82) is 0 Å². The van der Waals surface area contributed by atoms with E-state index in [-0.39, 0.29) is 0 Å². The molecule has 0 atom stereocenters. The summed E-state index contributed by atoms with van der Waals surface area (Å²) in [6, 6.07) is 24.7. The van der Waals surface area contributed by atoms with Gasteiger partial charge in [-0.05, 0) is 41.5 Å². The van der Waals surface area contributed by atoms with Crippen molar-refractivity contribution in [2.75, 3.05) is 5.43 Å². The van der Waals surface area contributed by atoms with Crippen LogP contribution in [0.2, 0.25) is 0 Å². The molecule has 0 spiro atoms. The summed E-state index contributed by atoms with van der Waals surface area (Å²) in [5.41, 5.74) is 6.18. The van der Waals surface area contributed by atoms with Crippen LogP contribution < -0.4 is 5.43 Å². The van der Waals surface area contributed by atoms with Crippen LogP contribution in [0.5, 0.6) is 0 Å². The van der Waals surface area contributed by atoms with Crippen molar-refractivity contribution in [3.63, 3.8) is 0 Å². The Labute approximate surface area is 118 Å². The zero-order valence-electron chi connectivity index (χ0n) is 11.4. The van der Waals surface area contributed by atoms with Crippen LogP contribution in [0.4, 0.5) is 5.69 Å². The molecule has 3 aromatic rings. The van der Waals surface area contributed by atoms with Crippen molar-refractivity contribution < 1.29 is 0 Å². The summed E-state index contributed by atoms with van der Waals surface area (Å²) in [7, 11) is 0. The molecule has 0 aliphatic rings. The second kappa shape index (κ2) is 5.57. The van der Waals surface area contributed by atoms with E-state index in [1.165, 1.54) is 10.8 Å². The second-order valence-corrected chi connectivity index (χ2v) is 4.74. The van der Waals surface area contributed by atoms with Gasteiger partial charge in [0.2, 0.25) is 0 Å². The van der Waals surface area contributed by atoms with E-state index in [2.05, 4.69) is 53.0 Å². The van der Waals surface area contributed by atoms with E-state index in [4.69, 9.17) is 0 Å². The van der Waals surface area contributed by atoms with Gasteiger partial charge in [-0.25, -0.2) is 0 Å². The average molecular weight is 260 g/mol. The lowest BCUT2D eigenvalue weighted by Gasteiger charge is -2.05. The average Bonchev–Trinajstić information content (AvgIpc) is 2.53. The maximum Gasteiger partial charge on any atom is 0.0648 e. The molecule has 0 saturated heterocycles. The molecular weight excluding hydrogens is 244 g/mol. The fourth-order valence-electron chi connectivity index (χ4n) is 2.14. The van der Waals surface area contributed by atoms with Crippen LogP contribution in [-0.4, -0.2) is 5.71 Å². The van der Waals surface area contributed by atoms with Crippen molar-refractivity contribution in [3.05, 3.63) is 78.4 Å². The Morgan fingerprint density at radius 3 is 2.30 bits per heavy atom. The van der Waals surface area contributed by atoms with Gasteiger partial charge in [0.1, 0.15) is 0 Å². The first-order chi connectivity index (χ1) is 9.83. The Hall–Kier alpha value is -2.61. The van der Waals surface area contributed by atoms with E-state index >= 15 is 0 Å². The van der Waals surface area contributed by atoms with E-state index in [0.29, 0.717) is 0 Å². The third-order valence-electron chi connectivity index (χ3n) is 3.29. The first kappa shape index (κ1) is 12.4. The third kappa shape index (κ3) is 2.69. The van der Waals surface area contributed by atoms with Gasteiger partial charge in [0.05, 0.1) is 11.4 Å². The number of nitrogens with zero attached hydrogens (tertiary/aromatic N) is 1. The Balaban J connectivity index is 1.86. The number of nitrogens with one attached hydrogen (secondary N) is 1. The molecule has 3 rings (SSSR count). The molecule has 0 unspecified atom stereocenters. The van der Waals surface area contributed by atoms with Gasteiger partial charge in [0.25, 0.3) is 0 Å². The number of hydrazone groups is 1. The van der Waals surface area contributed by atoms with E-state index < -0.39 is 0 Å². The summed E-state index contributed by atoms with van der Waals surface area (Å²) in [5.74, 6) is 0. The molecule has 98 valence electrons. The van der Waals surface area contributed by atoms with Gasteiger partial charge in [-0.2, -0.15) is 5.10 Å². The van der Waals surface area contributed by atoms with Gasteiger partial charge in [0.15, 0.2) is 0 Å². The molecule has 20 heavy (non-hydrogen) atoms. The van der Waals surface area contributed by atoms with Crippen LogP contribution in [0.3, 0.4) is 0 Å². The largest absolute Gasteiger partial charge is 0.278 e. The van der Waals surface area contributed by atoms with E-state index in [9.17, 15) is 0 Å². The summed E-state index contributed by atoms with van der Waals surface area (Å²) in [4.78, 5) is 0. The molecule has 2 nitrogen and oxygen atoms in total. The lowest BCUT2D eigenvalue weighted by atomic mass is 10.0. The smallest absolute Gasteiger partial charge is 0.0648 e. The highest BCUT2D eigenvalue weighted by molar-refractivity contribution is 6.02. The highest BCUT2D eigenvalue weighted by atomic mass is 15.3. The highest BCUT2D eigenvalue weighted by Gasteiger charge is 1.99. The SMILES string of the molecule is C/C(=N\Nc1ccccc1)c1ccc2ccccc2c1. The normalized spacial score (nSPS) is 11.6. The molecular formula is C18H16N2. The molecule has 3 aromatic carbocycles. The van der Waals surface area contributed by atoms with Crippen LogP contribution in [0.25, 0.3) is 10.8 Å². The molecule has 1 N–H and O–H groups in total. The van der Waals surface area contributed by atoms with Gasteiger partial charge < -0.3 is 0 Å². The van der Waals surface area contributed by atoms with Gasteiger partial charge in [-0.15, -0.1) is 0 Å². The van der Waals surface area contributed by atoms with Crippen molar-refractivity contribution in [2.24, 2.45) is 5.10 Å². The van der Waals surface area contributed by atoms with Crippen molar-refractivity contribution >= 4 is 22.2 Å². The van der Waals surface area contributed by atoms with Crippen LogP contribution in [0.1, 0.15) is 12.5 Å². The Kier molecular flexibility index (Phi) is 3.46. The number of hydrogen-bond acceptors (Lipinski definition) is 2. The van der Waals surface area contributed by atoms with E-state index in [1.807, 2.05) is 37.3 Å². The highest BCUT2D eigenvalue weighted by Crippen LogP contribution is 2.16. The number of rotatable bonds is 3. The molecule has 0 aliphatic heterocycles. The van der Waals surface area contributed by atoms with E-state index in [1.54, 1.807) is 0 Å². The molecule has 0 aliphatic carbocycles. The summed E-state index contributed by atoms with van der Waals surface area (Å²) < 4.78 is 0. The van der Waals surface area contributed by atoms with Crippen LogP contribution >= 0.6 is 0 Å².